The number of nitrogens with zero attached hydrogens (tertiary/aromatic N) is 4. The molecule has 0 unspecified atom stereocenters. The number of anilines is 2. The van der Waals surface area contributed by atoms with Gasteiger partial charge in [0.2, 0.25) is 0 Å². The molecule has 0 N–H and O–H groups in total. The summed E-state index contributed by atoms with van der Waals surface area (Å²) in [6.45, 7) is 12.8. The fraction of sp³-hybridized carbons (Fsp3) is 0.237. The summed E-state index contributed by atoms with van der Waals surface area (Å²) >= 11 is 0. The Morgan fingerprint density at radius 1 is 0.619 bits per heavy atom. The van der Waals surface area contributed by atoms with Crippen LogP contribution in [0.15, 0.2) is 109 Å². The molecule has 5 aromatic rings. The first-order chi connectivity index (χ1) is 20.6. The van der Waals surface area contributed by atoms with Gasteiger partial charge in [-0.15, -0.1) is 0 Å². The van der Waals surface area contributed by atoms with Crippen LogP contribution in [0.25, 0.3) is 29.1 Å². The molecule has 4 nitrogen and oxygen atoms in total. The number of benzene rings is 4. The zero-order chi connectivity index (χ0) is 29.3. The summed E-state index contributed by atoms with van der Waals surface area (Å²) in [7, 11) is 0. The summed E-state index contributed by atoms with van der Waals surface area (Å²) in [6, 6.07) is 39.0. The second kappa shape index (κ2) is 13.9. The van der Waals surface area contributed by atoms with E-state index in [1.807, 2.05) is 6.07 Å². The van der Waals surface area contributed by atoms with Crippen molar-refractivity contribution in [3.63, 3.8) is 0 Å². The maximum absolute atomic E-state index is 5.06. The lowest BCUT2D eigenvalue weighted by Gasteiger charge is -2.22. The van der Waals surface area contributed by atoms with Crippen LogP contribution in [0.4, 0.5) is 11.4 Å². The van der Waals surface area contributed by atoms with Gasteiger partial charge in [0.15, 0.2) is 0 Å². The molecule has 1 heterocycles. The van der Waals surface area contributed by atoms with E-state index in [9.17, 15) is 0 Å². The normalized spacial score (nSPS) is 11.2. The molecule has 0 aliphatic heterocycles. The first kappa shape index (κ1) is 28.9. The molecule has 0 bridgehead atoms. The quantitative estimate of drug-likeness (QED) is 0.154. The second-order valence-corrected chi connectivity index (χ2v) is 10.5. The van der Waals surface area contributed by atoms with E-state index in [4.69, 9.17) is 5.10 Å². The summed E-state index contributed by atoms with van der Waals surface area (Å²) in [6.07, 6.45) is 5.25. The molecule has 0 radical (unpaired) electrons. The van der Waals surface area contributed by atoms with Gasteiger partial charge in [0, 0.05) is 43.1 Å². The zero-order valence-electron chi connectivity index (χ0n) is 25.4. The Bertz CT molecular complexity index is 1580. The first-order valence-electron chi connectivity index (χ1n) is 15.2. The summed E-state index contributed by atoms with van der Waals surface area (Å²) < 4.78 is 2.06. The Hall–Kier alpha value is -4.57. The van der Waals surface area contributed by atoms with E-state index in [1.165, 1.54) is 28.1 Å². The summed E-state index contributed by atoms with van der Waals surface area (Å²) in [5.74, 6) is 0. The molecule has 0 aliphatic carbocycles. The number of hydrogen-bond acceptors (Lipinski definition) is 3. The van der Waals surface area contributed by atoms with Crippen molar-refractivity contribution in [2.24, 2.45) is 0 Å². The van der Waals surface area contributed by atoms with Crippen molar-refractivity contribution in [2.45, 2.75) is 34.1 Å². The lowest BCUT2D eigenvalue weighted by Crippen LogP contribution is -2.21. The van der Waals surface area contributed by atoms with E-state index in [0.717, 1.165) is 55.2 Å². The van der Waals surface area contributed by atoms with E-state index in [2.05, 4.69) is 157 Å². The van der Waals surface area contributed by atoms with Crippen LogP contribution in [0.2, 0.25) is 0 Å². The molecule has 0 saturated heterocycles. The highest BCUT2D eigenvalue weighted by Crippen LogP contribution is 2.28. The molecule has 0 fully saturated rings. The molecule has 4 aromatic carbocycles. The van der Waals surface area contributed by atoms with Crippen LogP contribution in [0.5, 0.6) is 0 Å². The van der Waals surface area contributed by atoms with Crippen LogP contribution in [0, 0.1) is 0 Å². The van der Waals surface area contributed by atoms with Crippen molar-refractivity contribution in [3.8, 4) is 16.9 Å². The third-order valence-corrected chi connectivity index (χ3v) is 7.95. The monoisotopic (exact) mass is 554 g/mol. The minimum atomic E-state index is 0.887. The lowest BCUT2D eigenvalue weighted by molar-refractivity contribution is 0.865. The van der Waals surface area contributed by atoms with Gasteiger partial charge < -0.3 is 9.80 Å². The van der Waals surface area contributed by atoms with Crippen LogP contribution in [-0.2, 0) is 6.42 Å². The Morgan fingerprint density at radius 2 is 1.21 bits per heavy atom. The summed E-state index contributed by atoms with van der Waals surface area (Å²) in [5.41, 5.74) is 10.6. The molecule has 0 amide bonds. The average molecular weight is 555 g/mol. The Kier molecular flexibility index (Phi) is 9.55. The van der Waals surface area contributed by atoms with Crippen LogP contribution in [-0.4, -0.2) is 36.0 Å². The van der Waals surface area contributed by atoms with Crippen molar-refractivity contribution in [3.05, 3.63) is 132 Å². The van der Waals surface area contributed by atoms with Crippen molar-refractivity contribution >= 4 is 23.5 Å². The lowest BCUT2D eigenvalue weighted by atomic mass is 9.98. The van der Waals surface area contributed by atoms with Crippen molar-refractivity contribution < 1.29 is 0 Å². The minimum Gasteiger partial charge on any atom is -0.372 e. The molecule has 0 aliphatic rings. The van der Waals surface area contributed by atoms with Gasteiger partial charge in [-0.25, -0.2) is 4.68 Å². The predicted molar refractivity (Wildman–Crippen MR) is 181 cm³/mol. The smallest absolute Gasteiger partial charge is 0.0862 e. The minimum absolute atomic E-state index is 0.887. The van der Waals surface area contributed by atoms with E-state index >= 15 is 0 Å². The maximum Gasteiger partial charge on any atom is 0.0862 e. The largest absolute Gasteiger partial charge is 0.372 e. The maximum atomic E-state index is 5.06. The number of para-hydroxylation sites is 1. The van der Waals surface area contributed by atoms with Crippen LogP contribution >= 0.6 is 0 Å². The fourth-order valence-corrected chi connectivity index (χ4v) is 5.57. The topological polar surface area (TPSA) is 24.3 Å². The average Bonchev–Trinajstić information content (AvgIpc) is 3.47. The van der Waals surface area contributed by atoms with Gasteiger partial charge in [0.25, 0.3) is 0 Å². The third kappa shape index (κ3) is 6.66. The summed E-state index contributed by atoms with van der Waals surface area (Å²) in [4.78, 5) is 4.77. The van der Waals surface area contributed by atoms with Crippen molar-refractivity contribution in [1.29, 1.82) is 0 Å². The Morgan fingerprint density at radius 3 is 1.86 bits per heavy atom. The molecule has 0 saturated carbocycles. The molecular formula is C38H42N4. The molecule has 0 spiro atoms. The molecule has 4 heteroatoms. The van der Waals surface area contributed by atoms with Gasteiger partial charge in [-0.3, -0.25) is 0 Å². The standard InChI is InChI=1S/C38H42N4/c1-5-40(6-2)35-24-21-32(22-25-35)38-29-34(39-42(38)36-17-13-10-14-18-36)23-19-31-20-26-37(41(7-3)8-4)28-33(31)27-30-15-11-9-12-16-30/h9-26,28-29H,5-8,27H2,1-4H3. The van der Waals surface area contributed by atoms with E-state index in [1.54, 1.807) is 0 Å². The Balaban J connectivity index is 1.52. The van der Waals surface area contributed by atoms with Crippen molar-refractivity contribution in [1.82, 2.24) is 9.78 Å². The van der Waals surface area contributed by atoms with Gasteiger partial charge >= 0.3 is 0 Å². The van der Waals surface area contributed by atoms with Crippen LogP contribution in [0.1, 0.15) is 50.1 Å². The number of rotatable bonds is 12. The second-order valence-electron chi connectivity index (χ2n) is 10.5. The molecule has 214 valence electrons. The highest BCUT2D eigenvalue weighted by molar-refractivity contribution is 5.75. The van der Waals surface area contributed by atoms with Crippen LogP contribution in [0.3, 0.4) is 0 Å². The van der Waals surface area contributed by atoms with Crippen LogP contribution < -0.4 is 9.80 Å². The van der Waals surface area contributed by atoms with E-state index in [-0.39, 0.29) is 0 Å². The molecule has 1 aromatic heterocycles. The number of aromatic nitrogens is 2. The van der Waals surface area contributed by atoms with Gasteiger partial charge in [0.1, 0.15) is 0 Å². The van der Waals surface area contributed by atoms with E-state index < -0.39 is 0 Å². The van der Waals surface area contributed by atoms with Gasteiger partial charge in [-0.2, -0.15) is 5.10 Å². The van der Waals surface area contributed by atoms with Gasteiger partial charge in [-0.1, -0.05) is 72.8 Å². The molecule has 0 atom stereocenters. The van der Waals surface area contributed by atoms with Gasteiger partial charge in [0.05, 0.1) is 17.1 Å². The Labute approximate surface area is 251 Å². The van der Waals surface area contributed by atoms with E-state index in [0.29, 0.717) is 0 Å². The zero-order valence-corrected chi connectivity index (χ0v) is 25.4. The number of hydrogen-bond donors (Lipinski definition) is 0. The fourth-order valence-electron chi connectivity index (χ4n) is 5.57. The molecule has 42 heavy (non-hydrogen) atoms. The predicted octanol–water partition coefficient (Wildman–Crippen LogP) is 8.99. The summed E-state index contributed by atoms with van der Waals surface area (Å²) in [5, 5.41) is 5.06. The third-order valence-electron chi connectivity index (χ3n) is 7.95. The highest BCUT2D eigenvalue weighted by Gasteiger charge is 2.13. The first-order valence-corrected chi connectivity index (χ1v) is 15.2. The van der Waals surface area contributed by atoms with Crippen molar-refractivity contribution in [2.75, 3.05) is 36.0 Å². The van der Waals surface area contributed by atoms with Gasteiger partial charge in [-0.05, 0) is 99.3 Å². The highest BCUT2D eigenvalue weighted by atomic mass is 15.3. The SMILES string of the molecule is CCN(CC)c1ccc(-c2cc(C=Cc3ccc(N(CC)CC)cc3Cc3ccccc3)nn2-c2ccccc2)cc1. The molecule has 5 rings (SSSR count). The molecular weight excluding hydrogens is 512 g/mol.